The van der Waals surface area contributed by atoms with E-state index in [-0.39, 0.29) is 17.9 Å². The van der Waals surface area contributed by atoms with Crippen molar-refractivity contribution in [3.8, 4) is 11.5 Å². The monoisotopic (exact) mass is 430 g/mol. The van der Waals surface area contributed by atoms with Crippen LogP contribution in [0.3, 0.4) is 0 Å². The van der Waals surface area contributed by atoms with Crippen molar-refractivity contribution >= 4 is 23.4 Å². The third kappa shape index (κ3) is 6.13. The second-order valence-corrected chi connectivity index (χ2v) is 7.65. The van der Waals surface area contributed by atoms with Gasteiger partial charge in [-0.25, -0.2) is 0 Å². The number of amides is 2. The number of nitrogens with zero attached hydrogens (tertiary/aromatic N) is 1. The van der Waals surface area contributed by atoms with Gasteiger partial charge in [0.15, 0.2) is 0 Å². The summed E-state index contributed by atoms with van der Waals surface area (Å²) < 4.78 is 10.8. The van der Waals surface area contributed by atoms with Gasteiger partial charge in [0.1, 0.15) is 11.5 Å². The number of carbonyl (C=O) groups is 2. The second kappa shape index (κ2) is 10.9. The lowest BCUT2D eigenvalue weighted by atomic mass is 10.0. The fourth-order valence-corrected chi connectivity index (χ4v) is 3.62. The summed E-state index contributed by atoms with van der Waals surface area (Å²) >= 11 is 6.05. The molecule has 160 valence electrons. The lowest BCUT2D eigenvalue weighted by Crippen LogP contribution is -2.46. The van der Waals surface area contributed by atoms with Gasteiger partial charge in [0, 0.05) is 31.1 Å². The molecule has 2 aromatic carbocycles. The molecule has 1 saturated heterocycles. The predicted molar refractivity (Wildman–Crippen MR) is 116 cm³/mol. The van der Waals surface area contributed by atoms with Gasteiger partial charge in [-0.1, -0.05) is 29.8 Å². The Kier molecular flexibility index (Phi) is 7.97. The summed E-state index contributed by atoms with van der Waals surface area (Å²) in [5.41, 5.74) is 0.575. The SMILES string of the molecule is COc1cccc(C(=O)NC2CCN(C(=O)CCCOc3ccccc3Cl)CC2)c1. The number of methoxy groups -OCH3 is 1. The minimum absolute atomic E-state index is 0.0660. The molecule has 1 N–H and O–H groups in total. The van der Waals surface area contributed by atoms with Crippen LogP contribution in [0.2, 0.25) is 5.02 Å². The van der Waals surface area contributed by atoms with Crippen molar-refractivity contribution in [2.24, 2.45) is 0 Å². The number of rotatable bonds is 8. The Labute approximate surface area is 182 Å². The predicted octanol–water partition coefficient (Wildman–Crippen LogP) is 3.93. The Morgan fingerprint density at radius 3 is 2.63 bits per heavy atom. The van der Waals surface area contributed by atoms with Crippen molar-refractivity contribution in [2.75, 3.05) is 26.8 Å². The third-order valence-electron chi connectivity index (χ3n) is 5.14. The highest BCUT2D eigenvalue weighted by molar-refractivity contribution is 6.32. The van der Waals surface area contributed by atoms with E-state index in [9.17, 15) is 9.59 Å². The van der Waals surface area contributed by atoms with Gasteiger partial charge in [0.2, 0.25) is 5.91 Å². The van der Waals surface area contributed by atoms with Crippen LogP contribution in [0.15, 0.2) is 48.5 Å². The Balaban J connectivity index is 1.36. The summed E-state index contributed by atoms with van der Waals surface area (Å²) in [6.07, 6.45) is 2.57. The number of nitrogens with one attached hydrogen (secondary N) is 1. The van der Waals surface area contributed by atoms with Gasteiger partial charge in [0.05, 0.1) is 18.7 Å². The normalized spacial score (nSPS) is 14.3. The standard InChI is InChI=1S/C23H27ClN2O4/c1-29-19-7-4-6-17(16-19)23(28)25-18-11-13-26(14-12-18)22(27)10-5-15-30-21-9-3-2-8-20(21)24/h2-4,6-9,16,18H,5,10-15H2,1H3,(H,25,28). The number of para-hydroxylation sites is 1. The van der Waals surface area contributed by atoms with Crippen LogP contribution < -0.4 is 14.8 Å². The van der Waals surface area contributed by atoms with Crippen LogP contribution in [0.25, 0.3) is 0 Å². The number of carbonyl (C=O) groups excluding carboxylic acids is 2. The first kappa shape index (κ1) is 22.0. The van der Waals surface area contributed by atoms with E-state index in [1.807, 2.05) is 23.1 Å². The fraction of sp³-hybridized carbons (Fsp3) is 0.391. The van der Waals surface area contributed by atoms with Crippen LogP contribution in [-0.2, 0) is 4.79 Å². The van der Waals surface area contributed by atoms with Gasteiger partial charge < -0.3 is 19.7 Å². The maximum absolute atomic E-state index is 12.4. The lowest BCUT2D eigenvalue weighted by Gasteiger charge is -2.32. The smallest absolute Gasteiger partial charge is 0.251 e. The van der Waals surface area contributed by atoms with Crippen molar-refractivity contribution in [1.29, 1.82) is 0 Å². The molecule has 0 unspecified atom stereocenters. The van der Waals surface area contributed by atoms with E-state index in [1.54, 1.807) is 37.4 Å². The minimum Gasteiger partial charge on any atom is -0.497 e. The number of ether oxygens (including phenoxy) is 2. The van der Waals surface area contributed by atoms with Crippen molar-refractivity contribution in [2.45, 2.75) is 31.7 Å². The third-order valence-corrected chi connectivity index (χ3v) is 5.46. The van der Waals surface area contributed by atoms with E-state index >= 15 is 0 Å². The molecule has 1 fully saturated rings. The van der Waals surface area contributed by atoms with E-state index in [2.05, 4.69) is 5.32 Å². The van der Waals surface area contributed by atoms with Gasteiger partial charge in [-0.15, -0.1) is 0 Å². The topological polar surface area (TPSA) is 67.9 Å². The molecular weight excluding hydrogens is 404 g/mol. The molecule has 7 heteroatoms. The highest BCUT2D eigenvalue weighted by Gasteiger charge is 2.24. The van der Waals surface area contributed by atoms with Gasteiger partial charge in [0.25, 0.3) is 5.91 Å². The second-order valence-electron chi connectivity index (χ2n) is 7.24. The number of likely N-dealkylation sites (tertiary alicyclic amines) is 1. The van der Waals surface area contributed by atoms with Crippen molar-refractivity contribution < 1.29 is 19.1 Å². The van der Waals surface area contributed by atoms with Crippen LogP contribution in [0.1, 0.15) is 36.0 Å². The Morgan fingerprint density at radius 2 is 1.90 bits per heavy atom. The first-order chi connectivity index (χ1) is 14.6. The maximum atomic E-state index is 12.4. The van der Waals surface area contributed by atoms with E-state index in [4.69, 9.17) is 21.1 Å². The zero-order chi connectivity index (χ0) is 21.3. The molecule has 0 aromatic heterocycles. The van der Waals surface area contributed by atoms with E-state index in [1.165, 1.54) is 0 Å². The summed E-state index contributed by atoms with van der Waals surface area (Å²) in [4.78, 5) is 26.7. The molecule has 2 aromatic rings. The first-order valence-electron chi connectivity index (χ1n) is 10.2. The Bertz CT molecular complexity index is 866. The molecule has 0 atom stereocenters. The molecule has 3 rings (SSSR count). The summed E-state index contributed by atoms with van der Waals surface area (Å²) in [7, 11) is 1.58. The molecule has 0 radical (unpaired) electrons. The van der Waals surface area contributed by atoms with Crippen LogP contribution in [0, 0.1) is 0 Å². The summed E-state index contributed by atoms with van der Waals surface area (Å²) in [6.45, 7) is 1.74. The fourth-order valence-electron chi connectivity index (χ4n) is 3.43. The van der Waals surface area contributed by atoms with Gasteiger partial charge in [-0.3, -0.25) is 9.59 Å². The Morgan fingerprint density at radius 1 is 1.13 bits per heavy atom. The summed E-state index contributed by atoms with van der Waals surface area (Å²) in [5.74, 6) is 1.30. The zero-order valence-corrected chi connectivity index (χ0v) is 17.9. The van der Waals surface area contributed by atoms with Gasteiger partial charge in [-0.2, -0.15) is 0 Å². The zero-order valence-electron chi connectivity index (χ0n) is 17.1. The van der Waals surface area contributed by atoms with E-state index in [0.717, 1.165) is 12.8 Å². The van der Waals surface area contributed by atoms with Crippen molar-refractivity contribution in [1.82, 2.24) is 10.2 Å². The highest BCUT2D eigenvalue weighted by Crippen LogP contribution is 2.23. The molecule has 0 aliphatic carbocycles. The van der Waals surface area contributed by atoms with Crippen LogP contribution in [0.4, 0.5) is 0 Å². The van der Waals surface area contributed by atoms with E-state index in [0.29, 0.717) is 54.6 Å². The number of hydrogen-bond acceptors (Lipinski definition) is 4. The van der Waals surface area contributed by atoms with Gasteiger partial charge >= 0.3 is 0 Å². The van der Waals surface area contributed by atoms with Crippen LogP contribution >= 0.6 is 11.6 Å². The molecule has 2 amide bonds. The molecule has 0 spiro atoms. The van der Waals surface area contributed by atoms with Crippen LogP contribution in [-0.4, -0.2) is 49.6 Å². The molecule has 1 aliphatic heterocycles. The summed E-state index contributed by atoms with van der Waals surface area (Å²) in [6, 6.07) is 14.5. The first-order valence-corrected chi connectivity index (χ1v) is 10.5. The average Bonchev–Trinajstić information content (AvgIpc) is 2.78. The van der Waals surface area contributed by atoms with Gasteiger partial charge in [-0.05, 0) is 49.6 Å². The van der Waals surface area contributed by atoms with Crippen molar-refractivity contribution in [3.05, 3.63) is 59.1 Å². The Hall–Kier alpha value is -2.73. The molecule has 0 bridgehead atoms. The highest BCUT2D eigenvalue weighted by atomic mass is 35.5. The number of hydrogen-bond donors (Lipinski definition) is 1. The average molecular weight is 431 g/mol. The lowest BCUT2D eigenvalue weighted by molar-refractivity contribution is -0.132. The molecule has 6 nitrogen and oxygen atoms in total. The van der Waals surface area contributed by atoms with E-state index < -0.39 is 0 Å². The number of halogens is 1. The van der Waals surface area contributed by atoms with Crippen LogP contribution in [0.5, 0.6) is 11.5 Å². The number of benzene rings is 2. The molecule has 1 heterocycles. The van der Waals surface area contributed by atoms with Crippen molar-refractivity contribution in [3.63, 3.8) is 0 Å². The largest absolute Gasteiger partial charge is 0.497 e. The minimum atomic E-state index is -0.115. The molecular formula is C23H27ClN2O4. The maximum Gasteiger partial charge on any atom is 0.251 e. The number of piperidine rings is 1. The quantitative estimate of drug-likeness (QED) is 0.644. The molecule has 30 heavy (non-hydrogen) atoms. The molecule has 0 saturated carbocycles. The molecule has 1 aliphatic rings. The summed E-state index contributed by atoms with van der Waals surface area (Å²) in [5, 5.41) is 3.63.